The fourth-order valence-electron chi connectivity index (χ4n) is 0.594. The molecule has 0 aromatic carbocycles. The topological polar surface area (TPSA) is 97.0 Å². The molecule has 0 aromatic rings. The third-order valence-electron chi connectivity index (χ3n) is 1.10. The van der Waals surface area contributed by atoms with Crippen LogP contribution < -0.4 is 11.1 Å². The van der Waals surface area contributed by atoms with Crippen LogP contribution in [0.4, 0.5) is 0 Å². The second-order valence-corrected chi connectivity index (χ2v) is 3.59. The smallest absolute Gasteiger partial charge is 0.254 e. The van der Waals surface area contributed by atoms with Crippen molar-refractivity contribution in [2.75, 3.05) is 33.0 Å². The lowest BCUT2D eigenvalue weighted by atomic mass is 10.6. The van der Waals surface area contributed by atoms with Crippen LogP contribution in [-0.4, -0.2) is 53.5 Å². The lowest BCUT2D eigenvalue weighted by Gasteiger charge is -2.04. The highest BCUT2D eigenvalue weighted by Crippen LogP contribution is 1.77. The number of hydrogen-bond acceptors (Lipinski definition) is 4. The van der Waals surface area contributed by atoms with E-state index in [4.69, 9.17) is 19.7 Å². The van der Waals surface area contributed by atoms with Gasteiger partial charge in [0.15, 0.2) is 0 Å². The number of thiocarbonyl (C=S) groups is 2. The highest BCUT2D eigenvalue weighted by molar-refractivity contribution is 7.80. The van der Waals surface area contributed by atoms with E-state index >= 15 is 0 Å². The van der Waals surface area contributed by atoms with E-state index in [2.05, 4.69) is 42.1 Å². The molecule has 114 valence electrons. The summed E-state index contributed by atoms with van der Waals surface area (Å²) in [7, 11) is 0. The molecule has 0 saturated carbocycles. The Morgan fingerprint density at radius 2 is 1.68 bits per heavy atom. The van der Waals surface area contributed by atoms with Gasteiger partial charge in [-0.1, -0.05) is 6.08 Å². The highest BCUT2D eigenvalue weighted by Gasteiger charge is 1.90. The van der Waals surface area contributed by atoms with Crippen LogP contribution >= 0.6 is 24.4 Å². The molecule has 8 heteroatoms. The molecular formula is C11H24N2O4S2. The van der Waals surface area contributed by atoms with Gasteiger partial charge in [0, 0.05) is 13.2 Å². The van der Waals surface area contributed by atoms with Gasteiger partial charge in [-0.15, -0.1) is 6.58 Å². The van der Waals surface area contributed by atoms with Crippen molar-refractivity contribution in [2.24, 2.45) is 5.73 Å². The molecule has 0 atom stereocenters. The van der Waals surface area contributed by atoms with Crippen LogP contribution in [0, 0.1) is 0 Å². The minimum Gasteiger partial charge on any atom is -0.487 e. The van der Waals surface area contributed by atoms with Gasteiger partial charge in [0.1, 0.15) is 0 Å². The molecule has 0 unspecified atom stereocenters. The average molecular weight is 312 g/mol. The van der Waals surface area contributed by atoms with E-state index in [-0.39, 0.29) is 5.17 Å². The van der Waals surface area contributed by atoms with E-state index in [0.29, 0.717) is 33.0 Å². The van der Waals surface area contributed by atoms with Crippen molar-refractivity contribution in [3.63, 3.8) is 0 Å². The maximum atomic E-state index is 8.53. The quantitative estimate of drug-likeness (QED) is 0.319. The molecule has 0 rings (SSSR count). The Morgan fingerprint density at radius 1 is 1.26 bits per heavy atom. The monoisotopic (exact) mass is 312 g/mol. The van der Waals surface area contributed by atoms with Gasteiger partial charge in [-0.3, -0.25) is 0 Å². The number of nitrogens with one attached hydrogen (secondary N) is 1. The predicted molar refractivity (Wildman–Crippen MR) is 85.8 cm³/mol. The molecule has 5 N–H and O–H groups in total. The molecule has 0 saturated heterocycles. The Kier molecular flexibility index (Phi) is 27.1. The summed E-state index contributed by atoms with van der Waals surface area (Å²) in [5, 5.41) is 18.0. The summed E-state index contributed by atoms with van der Waals surface area (Å²) in [6.07, 6.45) is 1.75. The molecule has 0 radical (unpaired) electrons. The molecule has 0 aliphatic heterocycles. The minimum atomic E-state index is -0.500. The first-order chi connectivity index (χ1) is 8.92. The van der Waals surface area contributed by atoms with Gasteiger partial charge < -0.3 is 30.7 Å². The molecule has 0 amide bonds. The number of allylic oxidation sites excluding steroid dienone is 1. The van der Waals surface area contributed by atoms with Crippen LogP contribution in [0.1, 0.15) is 13.8 Å². The zero-order valence-corrected chi connectivity index (χ0v) is 13.1. The lowest BCUT2D eigenvalue weighted by molar-refractivity contribution is 0.0549. The first-order valence-corrected chi connectivity index (χ1v) is 6.41. The van der Waals surface area contributed by atoms with E-state index in [9.17, 15) is 0 Å². The fourth-order valence-corrected chi connectivity index (χ4v) is 0.696. The van der Waals surface area contributed by atoms with Crippen molar-refractivity contribution in [3.05, 3.63) is 12.7 Å². The number of hydrogen-bond donors (Lipinski definition) is 4. The zero-order chi connectivity index (χ0) is 15.5. The molecule has 0 spiro atoms. The summed E-state index contributed by atoms with van der Waals surface area (Å²) in [4.78, 5) is 0. The van der Waals surface area contributed by atoms with Crippen molar-refractivity contribution in [1.29, 1.82) is 0 Å². The number of aliphatic hydroxyl groups excluding tert-OH is 2. The Labute approximate surface area is 125 Å². The zero-order valence-electron chi connectivity index (χ0n) is 11.4. The Morgan fingerprint density at radius 3 is 2.05 bits per heavy atom. The predicted octanol–water partition coefficient (Wildman–Crippen LogP) is 1.45. The number of aliphatic hydroxyl groups is 2. The molecule has 0 aliphatic rings. The van der Waals surface area contributed by atoms with Crippen molar-refractivity contribution < 1.29 is 19.7 Å². The van der Waals surface area contributed by atoms with Gasteiger partial charge in [-0.05, 0) is 38.3 Å². The SMILES string of the molecule is C=CC.CCOCCOCCNC(O)=S.NC(O)=S. The van der Waals surface area contributed by atoms with Gasteiger partial charge >= 0.3 is 0 Å². The Hall–Kier alpha value is -0.960. The van der Waals surface area contributed by atoms with Gasteiger partial charge in [0.05, 0.1) is 19.8 Å². The van der Waals surface area contributed by atoms with Crippen molar-refractivity contribution in [3.8, 4) is 0 Å². The standard InChI is InChI=1S/C7H15NO3S.C3H6.CH3NOS/c1-2-10-5-6-11-4-3-8-7(9)12;1-3-2;2-1(3)4/h2-6H2,1H3,(H2,8,9,12);3H,1H2,2H3;(H3,2,3,4). The van der Waals surface area contributed by atoms with E-state index < -0.39 is 5.17 Å². The molecule has 0 aromatic heterocycles. The van der Waals surface area contributed by atoms with Crippen LogP contribution in [0.25, 0.3) is 0 Å². The maximum Gasteiger partial charge on any atom is 0.254 e. The third kappa shape index (κ3) is 59.6. The average Bonchev–Trinajstić information content (AvgIpc) is 2.28. The second kappa shape index (κ2) is 22.2. The summed E-state index contributed by atoms with van der Waals surface area (Å²) < 4.78 is 10.2. The van der Waals surface area contributed by atoms with Crippen LogP contribution in [0.3, 0.4) is 0 Å². The normalized spacial score (nSPS) is 8.11. The molecule has 0 fully saturated rings. The van der Waals surface area contributed by atoms with E-state index in [0.717, 1.165) is 0 Å². The summed E-state index contributed by atoms with van der Waals surface area (Å²) in [6.45, 7) is 10.1. The third-order valence-corrected chi connectivity index (χ3v) is 1.24. The number of ether oxygens (including phenoxy) is 2. The number of nitrogens with two attached hydrogens (primary N) is 1. The molecule has 0 heterocycles. The number of rotatable bonds is 7. The molecule has 0 bridgehead atoms. The van der Waals surface area contributed by atoms with Crippen LogP contribution in [0.5, 0.6) is 0 Å². The molecule has 0 aliphatic carbocycles. The Balaban J connectivity index is -0.000000303. The highest BCUT2D eigenvalue weighted by atomic mass is 32.1. The van der Waals surface area contributed by atoms with E-state index in [1.165, 1.54) is 0 Å². The van der Waals surface area contributed by atoms with Gasteiger partial charge in [-0.2, -0.15) is 0 Å². The lowest BCUT2D eigenvalue weighted by Crippen LogP contribution is -2.25. The summed E-state index contributed by atoms with van der Waals surface area (Å²) >= 11 is 8.25. The second-order valence-electron chi connectivity index (χ2n) is 2.79. The van der Waals surface area contributed by atoms with Crippen molar-refractivity contribution in [1.82, 2.24) is 5.32 Å². The Bertz CT molecular complexity index is 225. The van der Waals surface area contributed by atoms with Crippen LogP contribution in [0.15, 0.2) is 12.7 Å². The van der Waals surface area contributed by atoms with Crippen molar-refractivity contribution in [2.45, 2.75) is 13.8 Å². The van der Waals surface area contributed by atoms with Crippen molar-refractivity contribution >= 4 is 34.8 Å². The largest absolute Gasteiger partial charge is 0.487 e. The fraction of sp³-hybridized carbons (Fsp3) is 0.636. The van der Waals surface area contributed by atoms with Crippen LogP contribution in [0.2, 0.25) is 0 Å². The summed E-state index contributed by atoms with van der Waals surface area (Å²) in [5.41, 5.74) is 4.40. The van der Waals surface area contributed by atoms with E-state index in [1.54, 1.807) is 6.08 Å². The molecule has 19 heavy (non-hydrogen) atoms. The maximum absolute atomic E-state index is 8.53. The molecular weight excluding hydrogens is 288 g/mol. The summed E-state index contributed by atoms with van der Waals surface area (Å²) in [6, 6.07) is 0. The first kappa shape index (κ1) is 23.2. The van der Waals surface area contributed by atoms with Gasteiger partial charge in [-0.25, -0.2) is 0 Å². The first-order valence-electron chi connectivity index (χ1n) is 5.60. The summed E-state index contributed by atoms with van der Waals surface area (Å²) in [5.74, 6) is 0. The van der Waals surface area contributed by atoms with Gasteiger partial charge in [0.25, 0.3) is 10.3 Å². The van der Waals surface area contributed by atoms with Gasteiger partial charge in [0.2, 0.25) is 0 Å². The minimum absolute atomic E-state index is 0.191. The molecule has 6 nitrogen and oxygen atoms in total. The van der Waals surface area contributed by atoms with E-state index in [1.807, 2.05) is 13.8 Å². The van der Waals surface area contributed by atoms with Crippen LogP contribution in [-0.2, 0) is 9.47 Å².